The van der Waals surface area contributed by atoms with E-state index in [0.29, 0.717) is 10.0 Å². The fourth-order valence-corrected chi connectivity index (χ4v) is 2.85. The van der Waals surface area contributed by atoms with Crippen LogP contribution in [0.25, 0.3) is 10.4 Å². The standard InChI is InChI=1S/C12H11BrN2O2S/c1-15(2)12-14-9(11(16)17)10(18-12)7-4-3-5-8(13)6-7/h3-6H,1-2H3,(H,16,17). The van der Waals surface area contributed by atoms with E-state index in [2.05, 4.69) is 20.9 Å². The Morgan fingerprint density at radius 1 is 1.44 bits per heavy atom. The number of hydrogen-bond donors (Lipinski definition) is 1. The number of nitrogens with zero attached hydrogens (tertiary/aromatic N) is 2. The second-order valence-corrected chi connectivity index (χ2v) is 5.78. The average Bonchev–Trinajstić information content (AvgIpc) is 2.73. The molecule has 0 saturated carbocycles. The van der Waals surface area contributed by atoms with Gasteiger partial charge in [-0.1, -0.05) is 39.4 Å². The van der Waals surface area contributed by atoms with Crippen LogP contribution in [0.15, 0.2) is 28.7 Å². The van der Waals surface area contributed by atoms with Gasteiger partial charge in [0.25, 0.3) is 0 Å². The summed E-state index contributed by atoms with van der Waals surface area (Å²) in [6.07, 6.45) is 0. The Hall–Kier alpha value is -1.40. The lowest BCUT2D eigenvalue weighted by Crippen LogP contribution is -2.08. The number of aromatic carboxylic acids is 1. The Morgan fingerprint density at radius 2 is 2.17 bits per heavy atom. The molecule has 0 amide bonds. The molecule has 1 N–H and O–H groups in total. The minimum absolute atomic E-state index is 0.0989. The molecule has 18 heavy (non-hydrogen) atoms. The fourth-order valence-electron chi connectivity index (χ4n) is 1.47. The maximum atomic E-state index is 11.2. The van der Waals surface area contributed by atoms with E-state index in [0.717, 1.165) is 10.0 Å². The lowest BCUT2D eigenvalue weighted by molar-refractivity contribution is 0.0692. The van der Waals surface area contributed by atoms with Crippen LogP contribution in [0.4, 0.5) is 5.13 Å². The molecule has 0 bridgehead atoms. The number of hydrogen-bond acceptors (Lipinski definition) is 4. The normalized spacial score (nSPS) is 10.4. The first-order chi connectivity index (χ1) is 8.49. The average molecular weight is 327 g/mol. The second-order valence-electron chi connectivity index (χ2n) is 3.88. The Kier molecular flexibility index (Phi) is 3.68. The van der Waals surface area contributed by atoms with Crippen LogP contribution in [0.2, 0.25) is 0 Å². The number of rotatable bonds is 3. The van der Waals surface area contributed by atoms with E-state index in [4.69, 9.17) is 0 Å². The van der Waals surface area contributed by atoms with Crippen molar-refractivity contribution >= 4 is 38.4 Å². The van der Waals surface area contributed by atoms with Gasteiger partial charge in [-0.15, -0.1) is 0 Å². The van der Waals surface area contributed by atoms with Gasteiger partial charge in [0.15, 0.2) is 10.8 Å². The van der Waals surface area contributed by atoms with Gasteiger partial charge in [-0.2, -0.15) is 0 Å². The van der Waals surface area contributed by atoms with Crippen molar-refractivity contribution in [3.05, 3.63) is 34.4 Å². The van der Waals surface area contributed by atoms with E-state index in [-0.39, 0.29) is 5.69 Å². The van der Waals surface area contributed by atoms with E-state index >= 15 is 0 Å². The number of carboxylic acid groups (broad SMARTS) is 1. The molecule has 0 unspecified atom stereocenters. The van der Waals surface area contributed by atoms with Crippen LogP contribution in [0, 0.1) is 0 Å². The molecule has 0 saturated heterocycles. The summed E-state index contributed by atoms with van der Waals surface area (Å²) in [5, 5.41) is 9.89. The molecule has 0 fully saturated rings. The third-order valence-corrected chi connectivity index (χ3v) is 4.05. The van der Waals surface area contributed by atoms with Gasteiger partial charge in [0.05, 0.1) is 4.88 Å². The first-order valence-corrected chi connectivity index (χ1v) is 6.77. The first kappa shape index (κ1) is 13.0. The predicted molar refractivity (Wildman–Crippen MR) is 76.5 cm³/mol. The molecule has 2 rings (SSSR count). The Labute approximate surface area is 117 Å². The Balaban J connectivity index is 2.58. The number of halogens is 1. The number of carbonyl (C=O) groups is 1. The second kappa shape index (κ2) is 5.07. The van der Waals surface area contributed by atoms with Crippen LogP contribution in [0.1, 0.15) is 10.5 Å². The monoisotopic (exact) mass is 326 g/mol. The van der Waals surface area contributed by atoms with Crippen molar-refractivity contribution < 1.29 is 9.90 Å². The van der Waals surface area contributed by atoms with Gasteiger partial charge in [0.1, 0.15) is 0 Å². The summed E-state index contributed by atoms with van der Waals surface area (Å²) in [6, 6.07) is 7.54. The smallest absolute Gasteiger partial charge is 0.356 e. The molecule has 4 nitrogen and oxygen atoms in total. The fraction of sp³-hybridized carbons (Fsp3) is 0.167. The van der Waals surface area contributed by atoms with Crippen molar-refractivity contribution in [1.29, 1.82) is 0 Å². The van der Waals surface area contributed by atoms with Crippen molar-refractivity contribution in [2.75, 3.05) is 19.0 Å². The SMILES string of the molecule is CN(C)c1nc(C(=O)O)c(-c2cccc(Br)c2)s1. The quantitative estimate of drug-likeness (QED) is 0.939. The zero-order valence-corrected chi connectivity index (χ0v) is 12.2. The maximum Gasteiger partial charge on any atom is 0.356 e. The van der Waals surface area contributed by atoms with Crippen molar-refractivity contribution in [3.63, 3.8) is 0 Å². The lowest BCUT2D eigenvalue weighted by Gasteiger charge is -2.05. The first-order valence-electron chi connectivity index (χ1n) is 5.16. The largest absolute Gasteiger partial charge is 0.476 e. The molecule has 94 valence electrons. The van der Waals surface area contributed by atoms with E-state index in [1.54, 1.807) is 4.90 Å². The predicted octanol–water partition coefficient (Wildman–Crippen LogP) is 3.34. The van der Waals surface area contributed by atoms with E-state index < -0.39 is 5.97 Å². The van der Waals surface area contributed by atoms with Crippen LogP contribution in [0.3, 0.4) is 0 Å². The number of thiazole rings is 1. The summed E-state index contributed by atoms with van der Waals surface area (Å²) in [5.41, 5.74) is 0.953. The molecule has 2 aromatic rings. The Bertz CT molecular complexity index is 596. The van der Waals surface area contributed by atoms with Crippen LogP contribution >= 0.6 is 27.3 Å². The summed E-state index contributed by atoms with van der Waals surface area (Å²) in [4.78, 5) is 17.9. The topological polar surface area (TPSA) is 53.4 Å². The Morgan fingerprint density at radius 3 is 2.72 bits per heavy atom. The zero-order valence-electron chi connectivity index (χ0n) is 9.85. The number of carboxylic acids is 1. The third-order valence-electron chi connectivity index (χ3n) is 2.29. The highest BCUT2D eigenvalue weighted by molar-refractivity contribution is 9.10. The number of anilines is 1. The zero-order chi connectivity index (χ0) is 13.3. The highest BCUT2D eigenvalue weighted by Crippen LogP contribution is 2.35. The molecule has 6 heteroatoms. The molecule has 0 aliphatic heterocycles. The number of benzene rings is 1. The minimum Gasteiger partial charge on any atom is -0.476 e. The van der Waals surface area contributed by atoms with Gasteiger partial charge >= 0.3 is 5.97 Å². The molecule has 0 aliphatic carbocycles. The van der Waals surface area contributed by atoms with Gasteiger partial charge in [0.2, 0.25) is 0 Å². The van der Waals surface area contributed by atoms with Crippen LogP contribution < -0.4 is 4.90 Å². The van der Waals surface area contributed by atoms with Crippen molar-refractivity contribution in [2.45, 2.75) is 0 Å². The summed E-state index contributed by atoms with van der Waals surface area (Å²) in [6.45, 7) is 0. The molecule has 1 heterocycles. The van der Waals surface area contributed by atoms with Gasteiger partial charge in [-0.05, 0) is 17.7 Å². The molecular weight excluding hydrogens is 316 g/mol. The highest BCUT2D eigenvalue weighted by Gasteiger charge is 2.19. The summed E-state index contributed by atoms with van der Waals surface area (Å²) in [7, 11) is 3.68. The summed E-state index contributed by atoms with van der Waals surface area (Å²) >= 11 is 4.75. The minimum atomic E-state index is -1.01. The summed E-state index contributed by atoms with van der Waals surface area (Å²) in [5.74, 6) is -1.01. The lowest BCUT2D eigenvalue weighted by atomic mass is 10.1. The van der Waals surface area contributed by atoms with Crippen molar-refractivity contribution in [1.82, 2.24) is 4.98 Å². The molecule has 1 aromatic carbocycles. The van der Waals surface area contributed by atoms with E-state index in [1.165, 1.54) is 11.3 Å². The van der Waals surface area contributed by atoms with Crippen molar-refractivity contribution in [3.8, 4) is 10.4 Å². The van der Waals surface area contributed by atoms with Crippen LogP contribution in [-0.2, 0) is 0 Å². The van der Waals surface area contributed by atoms with E-state index in [9.17, 15) is 9.90 Å². The van der Waals surface area contributed by atoms with Gasteiger partial charge in [-0.3, -0.25) is 0 Å². The maximum absolute atomic E-state index is 11.2. The number of aromatic nitrogens is 1. The van der Waals surface area contributed by atoms with Gasteiger partial charge in [-0.25, -0.2) is 9.78 Å². The molecule has 0 aliphatic rings. The molecule has 1 aromatic heterocycles. The molecule has 0 radical (unpaired) electrons. The third kappa shape index (κ3) is 2.54. The highest BCUT2D eigenvalue weighted by atomic mass is 79.9. The van der Waals surface area contributed by atoms with Gasteiger partial charge in [0, 0.05) is 18.6 Å². The van der Waals surface area contributed by atoms with Crippen LogP contribution in [-0.4, -0.2) is 30.2 Å². The van der Waals surface area contributed by atoms with Crippen molar-refractivity contribution in [2.24, 2.45) is 0 Å². The molecular formula is C12H11BrN2O2S. The van der Waals surface area contributed by atoms with Crippen LogP contribution in [0.5, 0.6) is 0 Å². The molecule has 0 atom stereocenters. The van der Waals surface area contributed by atoms with Gasteiger partial charge < -0.3 is 10.0 Å². The van der Waals surface area contributed by atoms with E-state index in [1.807, 2.05) is 38.4 Å². The molecule has 0 spiro atoms. The summed E-state index contributed by atoms with van der Waals surface area (Å²) < 4.78 is 0.913.